The van der Waals surface area contributed by atoms with Crippen LogP contribution in [0.1, 0.15) is 17.8 Å². The lowest BCUT2D eigenvalue weighted by atomic mass is 10.2. The molecule has 0 saturated carbocycles. The number of benzene rings is 1. The Bertz CT molecular complexity index is 505. The number of nitrogens with zero attached hydrogens (tertiary/aromatic N) is 2. The highest BCUT2D eigenvalue weighted by Gasteiger charge is 2.08. The smallest absolute Gasteiger partial charge is 0.387 e. The largest absolute Gasteiger partial charge is 0.434 e. The zero-order chi connectivity index (χ0) is 14.2. The second-order valence-electron chi connectivity index (χ2n) is 4.20. The molecule has 1 aromatic heterocycles. The van der Waals surface area contributed by atoms with Crippen molar-refractivity contribution in [3.63, 3.8) is 0 Å². The van der Waals surface area contributed by atoms with Crippen LogP contribution in [0, 0.1) is 0 Å². The van der Waals surface area contributed by atoms with Crippen LogP contribution in [0.2, 0.25) is 0 Å². The summed E-state index contributed by atoms with van der Waals surface area (Å²) in [5.41, 5.74) is 0.715. The lowest BCUT2D eigenvalue weighted by molar-refractivity contribution is -0.0504. The summed E-state index contributed by atoms with van der Waals surface area (Å²) in [4.78, 5) is 4.02. The fraction of sp³-hybridized carbons (Fsp3) is 0.385. The summed E-state index contributed by atoms with van der Waals surface area (Å²) in [6.07, 6.45) is 3.15. The number of aromatic nitrogens is 3. The van der Waals surface area contributed by atoms with E-state index in [2.05, 4.69) is 25.2 Å². The topological polar surface area (TPSA) is 62.8 Å². The van der Waals surface area contributed by atoms with Gasteiger partial charge in [0, 0.05) is 18.5 Å². The van der Waals surface area contributed by atoms with Crippen molar-refractivity contribution < 1.29 is 13.5 Å². The molecule has 2 aromatic rings. The number of para-hydroxylation sites is 1. The van der Waals surface area contributed by atoms with Crippen molar-refractivity contribution in [3.8, 4) is 5.75 Å². The minimum atomic E-state index is -2.80. The number of rotatable bonds is 8. The SMILES string of the molecule is FC(F)Oc1ccccc1CNCCCc1ncn[nH]1. The number of hydrogen-bond acceptors (Lipinski definition) is 4. The Morgan fingerprint density at radius 3 is 2.90 bits per heavy atom. The van der Waals surface area contributed by atoms with Gasteiger partial charge in [-0.05, 0) is 19.0 Å². The normalized spacial score (nSPS) is 10.9. The molecule has 2 N–H and O–H groups in total. The molecule has 20 heavy (non-hydrogen) atoms. The lowest BCUT2D eigenvalue weighted by Crippen LogP contribution is -2.16. The number of hydrogen-bond donors (Lipinski definition) is 2. The van der Waals surface area contributed by atoms with E-state index in [1.165, 1.54) is 12.4 Å². The van der Waals surface area contributed by atoms with Crippen molar-refractivity contribution in [1.82, 2.24) is 20.5 Å². The van der Waals surface area contributed by atoms with E-state index in [0.29, 0.717) is 12.1 Å². The van der Waals surface area contributed by atoms with Crippen molar-refractivity contribution in [2.45, 2.75) is 26.0 Å². The van der Waals surface area contributed by atoms with Crippen LogP contribution >= 0.6 is 0 Å². The Hall–Kier alpha value is -2.02. The van der Waals surface area contributed by atoms with Crippen LogP contribution in [0.25, 0.3) is 0 Å². The maximum atomic E-state index is 12.2. The zero-order valence-corrected chi connectivity index (χ0v) is 10.9. The maximum absolute atomic E-state index is 12.2. The average Bonchev–Trinajstić information content (AvgIpc) is 2.93. The highest BCUT2D eigenvalue weighted by molar-refractivity contribution is 5.33. The average molecular weight is 282 g/mol. The lowest BCUT2D eigenvalue weighted by Gasteiger charge is -2.11. The molecule has 1 heterocycles. The number of ether oxygens (including phenoxy) is 1. The van der Waals surface area contributed by atoms with Crippen LogP contribution in [0.4, 0.5) is 8.78 Å². The van der Waals surface area contributed by atoms with E-state index in [4.69, 9.17) is 0 Å². The molecule has 2 rings (SSSR count). The number of alkyl halides is 2. The second-order valence-corrected chi connectivity index (χ2v) is 4.20. The number of H-pyrrole nitrogens is 1. The van der Waals surface area contributed by atoms with E-state index in [-0.39, 0.29) is 5.75 Å². The van der Waals surface area contributed by atoms with Gasteiger partial charge in [0.2, 0.25) is 0 Å². The molecule has 0 fully saturated rings. The Kier molecular flexibility index (Phi) is 5.43. The van der Waals surface area contributed by atoms with Gasteiger partial charge in [-0.1, -0.05) is 18.2 Å². The third-order valence-corrected chi connectivity index (χ3v) is 2.74. The predicted molar refractivity (Wildman–Crippen MR) is 69.5 cm³/mol. The molecule has 0 amide bonds. The Labute approximate surface area is 115 Å². The first-order chi connectivity index (χ1) is 9.75. The van der Waals surface area contributed by atoms with E-state index < -0.39 is 6.61 Å². The van der Waals surface area contributed by atoms with Crippen LogP contribution in [0.3, 0.4) is 0 Å². The summed E-state index contributed by atoms with van der Waals surface area (Å²) < 4.78 is 28.9. The highest BCUT2D eigenvalue weighted by Crippen LogP contribution is 2.19. The highest BCUT2D eigenvalue weighted by atomic mass is 19.3. The summed E-state index contributed by atoms with van der Waals surface area (Å²) in [5.74, 6) is 1.05. The van der Waals surface area contributed by atoms with E-state index in [9.17, 15) is 8.78 Å². The van der Waals surface area contributed by atoms with Crippen LogP contribution in [-0.4, -0.2) is 28.3 Å². The fourth-order valence-corrected chi connectivity index (χ4v) is 1.82. The van der Waals surface area contributed by atoms with Crippen LogP contribution in [-0.2, 0) is 13.0 Å². The quantitative estimate of drug-likeness (QED) is 0.728. The van der Waals surface area contributed by atoms with Gasteiger partial charge in [0.25, 0.3) is 0 Å². The molecule has 0 aliphatic rings. The molecule has 1 aromatic carbocycles. The molecule has 0 radical (unpaired) electrons. The molecule has 0 unspecified atom stereocenters. The predicted octanol–water partition coefficient (Wildman–Crippen LogP) is 2.13. The fourth-order valence-electron chi connectivity index (χ4n) is 1.82. The molecular formula is C13H16F2N4O. The van der Waals surface area contributed by atoms with Gasteiger partial charge in [0.15, 0.2) is 0 Å². The first kappa shape index (κ1) is 14.4. The third kappa shape index (κ3) is 4.58. The van der Waals surface area contributed by atoms with Crippen molar-refractivity contribution in [2.75, 3.05) is 6.54 Å². The monoisotopic (exact) mass is 282 g/mol. The number of nitrogens with one attached hydrogen (secondary N) is 2. The van der Waals surface area contributed by atoms with E-state index in [1.807, 2.05) is 0 Å². The zero-order valence-electron chi connectivity index (χ0n) is 10.9. The van der Waals surface area contributed by atoms with Crippen LogP contribution in [0.5, 0.6) is 5.75 Å². The molecule has 0 spiro atoms. The summed E-state index contributed by atoms with van der Waals surface area (Å²) in [7, 11) is 0. The molecule has 7 heteroatoms. The number of aromatic amines is 1. The Morgan fingerprint density at radius 2 is 2.15 bits per heavy atom. The molecule has 0 saturated heterocycles. The van der Waals surface area contributed by atoms with Crippen molar-refractivity contribution in [2.24, 2.45) is 0 Å². The van der Waals surface area contributed by atoms with Crippen molar-refractivity contribution in [1.29, 1.82) is 0 Å². The van der Waals surface area contributed by atoms with Gasteiger partial charge in [-0.3, -0.25) is 5.10 Å². The van der Waals surface area contributed by atoms with Gasteiger partial charge in [-0.15, -0.1) is 0 Å². The minimum absolute atomic E-state index is 0.213. The summed E-state index contributed by atoms with van der Waals surface area (Å²) in [5, 5.41) is 9.74. The van der Waals surface area contributed by atoms with E-state index in [1.54, 1.807) is 18.2 Å². The minimum Gasteiger partial charge on any atom is -0.434 e. The first-order valence-electron chi connectivity index (χ1n) is 6.33. The maximum Gasteiger partial charge on any atom is 0.387 e. The molecule has 0 atom stereocenters. The van der Waals surface area contributed by atoms with E-state index in [0.717, 1.165) is 25.2 Å². The first-order valence-corrected chi connectivity index (χ1v) is 6.33. The molecule has 5 nitrogen and oxygen atoms in total. The van der Waals surface area contributed by atoms with Gasteiger partial charge >= 0.3 is 6.61 Å². The number of aryl methyl sites for hydroxylation is 1. The molecule has 0 bridgehead atoms. The second kappa shape index (κ2) is 7.54. The van der Waals surface area contributed by atoms with Gasteiger partial charge in [-0.2, -0.15) is 13.9 Å². The molecular weight excluding hydrogens is 266 g/mol. The molecule has 0 aliphatic carbocycles. The van der Waals surface area contributed by atoms with E-state index >= 15 is 0 Å². The Morgan fingerprint density at radius 1 is 1.30 bits per heavy atom. The van der Waals surface area contributed by atoms with Gasteiger partial charge in [-0.25, -0.2) is 4.98 Å². The summed E-state index contributed by atoms with van der Waals surface area (Å²) in [6, 6.07) is 6.77. The summed E-state index contributed by atoms with van der Waals surface area (Å²) in [6.45, 7) is -1.56. The van der Waals surface area contributed by atoms with Gasteiger partial charge in [0.1, 0.15) is 17.9 Å². The number of halogens is 2. The third-order valence-electron chi connectivity index (χ3n) is 2.74. The van der Waals surface area contributed by atoms with Gasteiger partial charge in [0.05, 0.1) is 0 Å². The van der Waals surface area contributed by atoms with Crippen molar-refractivity contribution in [3.05, 3.63) is 42.0 Å². The van der Waals surface area contributed by atoms with Crippen LogP contribution < -0.4 is 10.1 Å². The van der Waals surface area contributed by atoms with Crippen molar-refractivity contribution >= 4 is 0 Å². The Balaban J connectivity index is 1.73. The molecule has 108 valence electrons. The van der Waals surface area contributed by atoms with Gasteiger partial charge < -0.3 is 10.1 Å². The summed E-state index contributed by atoms with van der Waals surface area (Å²) >= 11 is 0. The van der Waals surface area contributed by atoms with Crippen LogP contribution in [0.15, 0.2) is 30.6 Å². The molecule has 0 aliphatic heterocycles. The standard InChI is InChI=1S/C13H16F2N4O/c14-13(15)20-11-5-2-1-4-10(11)8-16-7-3-6-12-17-9-18-19-12/h1-2,4-5,9,13,16H,3,6-8H2,(H,17,18,19).